The second-order valence-corrected chi connectivity index (χ2v) is 5.44. The summed E-state index contributed by atoms with van der Waals surface area (Å²) in [5.41, 5.74) is 1.26. The first-order valence-corrected chi connectivity index (χ1v) is 7.32. The number of nitrogens with one attached hydrogen (secondary N) is 1. The van der Waals surface area contributed by atoms with Gasteiger partial charge in [-0.3, -0.25) is 4.98 Å². The second-order valence-electron chi connectivity index (χ2n) is 4.41. The van der Waals surface area contributed by atoms with Crippen molar-refractivity contribution in [2.45, 2.75) is 6.92 Å². The van der Waals surface area contributed by atoms with Gasteiger partial charge in [0.15, 0.2) is 5.13 Å². The minimum absolute atomic E-state index is 0.346. The summed E-state index contributed by atoms with van der Waals surface area (Å²) in [4.78, 5) is 24.9. The number of thiazole rings is 1. The lowest BCUT2D eigenvalue weighted by atomic mass is 10.3. The maximum absolute atomic E-state index is 11.7. The van der Waals surface area contributed by atoms with E-state index in [1.165, 1.54) is 17.5 Å². The lowest BCUT2D eigenvalue weighted by Crippen LogP contribution is -2.10. The van der Waals surface area contributed by atoms with Crippen LogP contribution in [0.3, 0.4) is 0 Å². The van der Waals surface area contributed by atoms with E-state index >= 15 is 0 Å². The molecule has 0 spiro atoms. The smallest absolute Gasteiger partial charge is 0.317 e. The number of pyridine rings is 1. The molecule has 0 fully saturated rings. The average molecular weight is 312 g/mol. The molecule has 0 saturated carbocycles. The number of amidine groups is 1. The van der Waals surface area contributed by atoms with E-state index in [9.17, 15) is 4.79 Å². The van der Waals surface area contributed by atoms with Crippen molar-refractivity contribution in [3.05, 3.63) is 54.4 Å². The summed E-state index contributed by atoms with van der Waals surface area (Å²) in [5, 5.41) is 7.46. The Labute approximate surface area is 130 Å². The number of hydrogen-bond donors (Lipinski definition) is 1. The van der Waals surface area contributed by atoms with E-state index < -0.39 is 5.97 Å². The summed E-state index contributed by atoms with van der Waals surface area (Å²) >= 11 is 1.50. The summed E-state index contributed by atoms with van der Waals surface area (Å²) in [7, 11) is 0. The Kier molecular flexibility index (Phi) is 4.06. The molecule has 22 heavy (non-hydrogen) atoms. The Bertz CT molecular complexity index is 797. The molecule has 3 rings (SSSR count). The van der Waals surface area contributed by atoms with Gasteiger partial charge >= 0.3 is 5.97 Å². The molecule has 3 aromatic rings. The normalized spacial score (nSPS) is 11.4. The summed E-state index contributed by atoms with van der Waals surface area (Å²) < 4.78 is 1.07. The molecule has 7 heteroatoms. The van der Waals surface area contributed by atoms with Crippen molar-refractivity contribution < 1.29 is 9.63 Å². The van der Waals surface area contributed by atoms with Gasteiger partial charge in [0.1, 0.15) is 5.84 Å². The van der Waals surface area contributed by atoms with Crippen molar-refractivity contribution in [1.82, 2.24) is 9.97 Å². The Balaban J connectivity index is 1.66. The van der Waals surface area contributed by atoms with E-state index in [0.717, 1.165) is 10.2 Å². The molecule has 0 saturated heterocycles. The van der Waals surface area contributed by atoms with Crippen LogP contribution in [-0.4, -0.2) is 21.8 Å². The molecule has 1 aromatic carbocycles. The van der Waals surface area contributed by atoms with Crippen molar-refractivity contribution in [1.29, 1.82) is 0 Å². The van der Waals surface area contributed by atoms with Crippen LogP contribution in [0.15, 0.2) is 53.9 Å². The summed E-state index contributed by atoms with van der Waals surface area (Å²) in [6.45, 7) is 1.70. The third-order valence-electron chi connectivity index (χ3n) is 2.74. The van der Waals surface area contributed by atoms with Crippen molar-refractivity contribution in [3.63, 3.8) is 0 Å². The predicted octanol–water partition coefficient (Wildman–Crippen LogP) is 3.29. The number of hydrogen-bond acceptors (Lipinski definition) is 6. The number of benzene rings is 1. The maximum Gasteiger partial charge on any atom is 0.367 e. The van der Waals surface area contributed by atoms with Crippen LogP contribution in [0.25, 0.3) is 10.2 Å². The monoisotopic (exact) mass is 312 g/mol. The van der Waals surface area contributed by atoms with E-state index in [-0.39, 0.29) is 0 Å². The van der Waals surface area contributed by atoms with Gasteiger partial charge in [0.05, 0.1) is 15.8 Å². The number of rotatable bonds is 3. The first-order valence-electron chi connectivity index (χ1n) is 6.51. The molecule has 2 heterocycles. The van der Waals surface area contributed by atoms with E-state index in [1.54, 1.807) is 25.3 Å². The zero-order valence-corrected chi connectivity index (χ0v) is 12.5. The fraction of sp³-hybridized carbons (Fsp3) is 0.0667. The number of carbonyl (C=O) groups is 1. The average Bonchev–Trinajstić information content (AvgIpc) is 2.95. The lowest BCUT2D eigenvalue weighted by molar-refractivity contribution is 0.0515. The van der Waals surface area contributed by atoms with Crippen molar-refractivity contribution >= 4 is 38.5 Å². The highest BCUT2D eigenvalue weighted by molar-refractivity contribution is 7.22. The standard InChI is InChI=1S/C15H12N4O2S/c1-10(19-21-14(20)11-5-4-8-16-9-11)17-15-18-12-6-2-3-7-13(12)22-15/h2-9H,1H3,(H,17,18,19). The third-order valence-corrected chi connectivity index (χ3v) is 3.70. The van der Waals surface area contributed by atoms with Gasteiger partial charge in [-0.2, -0.15) is 0 Å². The molecule has 2 aromatic heterocycles. The quantitative estimate of drug-likeness (QED) is 0.347. The first-order chi connectivity index (χ1) is 10.7. The van der Waals surface area contributed by atoms with Gasteiger partial charge in [0.2, 0.25) is 0 Å². The molecule has 0 aliphatic heterocycles. The highest BCUT2D eigenvalue weighted by Gasteiger charge is 2.07. The van der Waals surface area contributed by atoms with Gasteiger partial charge < -0.3 is 10.2 Å². The SMILES string of the molecule is CC(=NOC(=O)c1cccnc1)Nc1nc2ccccc2s1. The molecule has 0 radical (unpaired) electrons. The highest BCUT2D eigenvalue weighted by Crippen LogP contribution is 2.25. The zero-order chi connectivity index (χ0) is 15.4. The molecular formula is C15H12N4O2S. The minimum atomic E-state index is -0.557. The lowest BCUT2D eigenvalue weighted by Gasteiger charge is -2.01. The van der Waals surface area contributed by atoms with Crippen LogP contribution < -0.4 is 5.32 Å². The molecule has 0 atom stereocenters. The van der Waals surface area contributed by atoms with E-state index in [1.807, 2.05) is 24.3 Å². The molecule has 110 valence electrons. The molecule has 0 amide bonds. The number of para-hydroxylation sites is 1. The Hall–Kier alpha value is -2.80. The highest BCUT2D eigenvalue weighted by atomic mass is 32.1. The van der Waals surface area contributed by atoms with Crippen LogP contribution in [0.1, 0.15) is 17.3 Å². The van der Waals surface area contributed by atoms with Crippen LogP contribution in [0, 0.1) is 0 Å². The predicted molar refractivity (Wildman–Crippen MR) is 86.0 cm³/mol. The van der Waals surface area contributed by atoms with Crippen LogP contribution in [-0.2, 0) is 4.84 Å². The van der Waals surface area contributed by atoms with Gasteiger partial charge in [-0.15, -0.1) is 0 Å². The third kappa shape index (κ3) is 3.26. The largest absolute Gasteiger partial charge is 0.367 e. The van der Waals surface area contributed by atoms with E-state index in [2.05, 4.69) is 20.4 Å². The Morgan fingerprint density at radius 1 is 1.27 bits per heavy atom. The van der Waals surface area contributed by atoms with Crippen LogP contribution in [0.5, 0.6) is 0 Å². The van der Waals surface area contributed by atoms with Gasteiger partial charge in [-0.1, -0.05) is 28.6 Å². The van der Waals surface area contributed by atoms with Crippen molar-refractivity contribution in [2.75, 3.05) is 5.32 Å². The van der Waals surface area contributed by atoms with Gasteiger partial charge in [-0.05, 0) is 31.2 Å². The second kappa shape index (κ2) is 6.31. The van der Waals surface area contributed by atoms with Crippen molar-refractivity contribution in [3.8, 4) is 0 Å². The summed E-state index contributed by atoms with van der Waals surface area (Å²) in [6, 6.07) is 11.1. The molecule has 6 nitrogen and oxygen atoms in total. The van der Waals surface area contributed by atoms with Gasteiger partial charge in [0, 0.05) is 12.4 Å². The van der Waals surface area contributed by atoms with Crippen LogP contribution in [0.4, 0.5) is 5.13 Å². The van der Waals surface area contributed by atoms with Crippen LogP contribution >= 0.6 is 11.3 Å². The van der Waals surface area contributed by atoms with E-state index in [4.69, 9.17) is 4.84 Å². The molecule has 0 unspecified atom stereocenters. The fourth-order valence-electron chi connectivity index (χ4n) is 1.75. The number of aromatic nitrogens is 2. The number of fused-ring (bicyclic) bond motifs is 1. The first kappa shape index (κ1) is 14.2. The number of nitrogens with zero attached hydrogens (tertiary/aromatic N) is 3. The van der Waals surface area contributed by atoms with Crippen LogP contribution in [0.2, 0.25) is 0 Å². The topological polar surface area (TPSA) is 76.5 Å². The molecule has 0 aliphatic rings. The number of carbonyl (C=O) groups excluding carboxylic acids is 1. The van der Waals surface area contributed by atoms with Crippen molar-refractivity contribution in [2.24, 2.45) is 5.16 Å². The summed E-state index contributed by atoms with van der Waals surface area (Å²) in [6.07, 6.45) is 3.01. The Morgan fingerprint density at radius 2 is 2.14 bits per heavy atom. The molecule has 1 N–H and O–H groups in total. The Morgan fingerprint density at radius 3 is 2.91 bits per heavy atom. The summed E-state index contributed by atoms with van der Waals surface area (Å²) in [5.74, 6) is -0.116. The number of oxime groups is 1. The minimum Gasteiger partial charge on any atom is -0.317 e. The molecule has 0 aliphatic carbocycles. The van der Waals surface area contributed by atoms with E-state index in [0.29, 0.717) is 16.5 Å². The van der Waals surface area contributed by atoms with Gasteiger partial charge in [0.25, 0.3) is 0 Å². The maximum atomic E-state index is 11.7. The fourth-order valence-corrected chi connectivity index (χ4v) is 2.67. The molecule has 0 bridgehead atoms. The molecular weight excluding hydrogens is 300 g/mol. The van der Waals surface area contributed by atoms with Gasteiger partial charge in [-0.25, -0.2) is 9.78 Å². The number of anilines is 1. The zero-order valence-electron chi connectivity index (χ0n) is 11.7.